The number of hydrogen-bond acceptors (Lipinski definition) is 7. The number of nitrogens with one attached hydrogen (secondary N) is 1. The molecule has 20 heavy (non-hydrogen) atoms. The maximum atomic E-state index is 11.6. The summed E-state index contributed by atoms with van der Waals surface area (Å²) < 4.78 is 16.2. The van der Waals surface area contributed by atoms with Gasteiger partial charge in [0, 0.05) is 13.5 Å². The van der Waals surface area contributed by atoms with E-state index in [0.717, 1.165) is 0 Å². The molecule has 1 saturated heterocycles. The van der Waals surface area contributed by atoms with Crippen LogP contribution in [0.15, 0.2) is 0 Å². The predicted octanol–water partition coefficient (Wildman–Crippen LogP) is -0.638. The van der Waals surface area contributed by atoms with Gasteiger partial charge in [0.05, 0.1) is 32.5 Å². The molecular weight excluding hydrogens is 268 g/mol. The van der Waals surface area contributed by atoms with Crippen LogP contribution in [0.25, 0.3) is 0 Å². The van der Waals surface area contributed by atoms with Crippen molar-refractivity contribution in [3.05, 3.63) is 11.4 Å². The standard InChI is InChI=1S/C11H16N4O5/c1-18-4-3-8-9(10(16)19-2)13-14-15(8)6-7-5-12-11(17)20-7/h7H,3-6H2,1-2H3,(H,12,17). The third-order valence-corrected chi connectivity index (χ3v) is 2.88. The third-order valence-electron chi connectivity index (χ3n) is 2.88. The fourth-order valence-corrected chi connectivity index (χ4v) is 1.91. The Hall–Kier alpha value is -2.16. The Labute approximate surface area is 115 Å². The van der Waals surface area contributed by atoms with E-state index in [1.807, 2.05) is 0 Å². The molecule has 1 amide bonds. The number of carbonyl (C=O) groups excluding carboxylic acids is 2. The van der Waals surface area contributed by atoms with Crippen LogP contribution in [0.5, 0.6) is 0 Å². The second-order valence-corrected chi connectivity index (χ2v) is 4.21. The summed E-state index contributed by atoms with van der Waals surface area (Å²) in [4.78, 5) is 22.6. The van der Waals surface area contributed by atoms with Gasteiger partial charge in [-0.1, -0.05) is 5.21 Å². The third kappa shape index (κ3) is 3.05. The second kappa shape index (κ2) is 6.33. The van der Waals surface area contributed by atoms with Crippen LogP contribution in [-0.2, 0) is 27.2 Å². The quantitative estimate of drug-likeness (QED) is 0.693. The summed E-state index contributed by atoms with van der Waals surface area (Å²) in [5.74, 6) is -0.552. The lowest BCUT2D eigenvalue weighted by molar-refractivity contribution is 0.0591. The zero-order valence-corrected chi connectivity index (χ0v) is 11.3. The van der Waals surface area contributed by atoms with Gasteiger partial charge in [-0.15, -0.1) is 5.10 Å². The largest absolute Gasteiger partial charge is 0.464 e. The van der Waals surface area contributed by atoms with Crippen molar-refractivity contribution in [2.45, 2.75) is 19.1 Å². The van der Waals surface area contributed by atoms with E-state index in [1.54, 1.807) is 7.11 Å². The summed E-state index contributed by atoms with van der Waals surface area (Å²) in [5.41, 5.74) is 0.753. The number of aromatic nitrogens is 3. The van der Waals surface area contributed by atoms with E-state index < -0.39 is 12.1 Å². The van der Waals surface area contributed by atoms with Crippen molar-refractivity contribution < 1.29 is 23.8 Å². The number of cyclic esters (lactones) is 1. The summed E-state index contributed by atoms with van der Waals surface area (Å²) in [6, 6.07) is 0. The lowest BCUT2D eigenvalue weighted by atomic mass is 10.2. The number of nitrogens with zero attached hydrogens (tertiary/aromatic N) is 3. The molecule has 1 aromatic heterocycles. The van der Waals surface area contributed by atoms with Crippen LogP contribution in [0.4, 0.5) is 4.79 Å². The van der Waals surface area contributed by atoms with Crippen LogP contribution in [0.2, 0.25) is 0 Å². The number of methoxy groups -OCH3 is 2. The van der Waals surface area contributed by atoms with Crippen LogP contribution in [0, 0.1) is 0 Å². The summed E-state index contributed by atoms with van der Waals surface area (Å²) in [6.45, 7) is 1.14. The van der Waals surface area contributed by atoms with Gasteiger partial charge >= 0.3 is 12.1 Å². The number of rotatable bonds is 6. The number of hydrogen-bond donors (Lipinski definition) is 1. The van der Waals surface area contributed by atoms with Gasteiger partial charge in [0.25, 0.3) is 0 Å². The van der Waals surface area contributed by atoms with Gasteiger partial charge in [-0.25, -0.2) is 14.3 Å². The highest BCUT2D eigenvalue weighted by Crippen LogP contribution is 2.11. The molecule has 2 heterocycles. The van der Waals surface area contributed by atoms with Gasteiger partial charge in [-0.05, 0) is 0 Å². The Bertz CT molecular complexity index is 501. The van der Waals surface area contributed by atoms with Crippen LogP contribution < -0.4 is 5.32 Å². The Balaban J connectivity index is 2.16. The number of esters is 1. The molecule has 0 bridgehead atoms. The summed E-state index contributed by atoms with van der Waals surface area (Å²) in [5, 5.41) is 10.3. The smallest absolute Gasteiger partial charge is 0.407 e. The fourth-order valence-electron chi connectivity index (χ4n) is 1.91. The Kier molecular flexibility index (Phi) is 4.51. The molecule has 1 aromatic rings. The second-order valence-electron chi connectivity index (χ2n) is 4.21. The molecule has 0 saturated carbocycles. The molecule has 1 atom stereocenters. The molecule has 1 aliphatic heterocycles. The average molecular weight is 284 g/mol. The molecule has 1 fully saturated rings. The minimum absolute atomic E-state index is 0.154. The van der Waals surface area contributed by atoms with Crippen molar-refractivity contribution in [3.63, 3.8) is 0 Å². The summed E-state index contributed by atoms with van der Waals surface area (Å²) >= 11 is 0. The zero-order valence-electron chi connectivity index (χ0n) is 11.3. The first-order valence-corrected chi connectivity index (χ1v) is 6.09. The highest BCUT2D eigenvalue weighted by atomic mass is 16.6. The first kappa shape index (κ1) is 14.3. The molecule has 0 aromatic carbocycles. The van der Waals surface area contributed by atoms with Crippen LogP contribution in [-0.4, -0.2) is 60.5 Å². The molecule has 110 valence electrons. The first-order valence-electron chi connectivity index (χ1n) is 6.09. The summed E-state index contributed by atoms with van der Waals surface area (Å²) in [7, 11) is 2.85. The van der Waals surface area contributed by atoms with E-state index in [4.69, 9.17) is 9.47 Å². The van der Waals surface area contributed by atoms with Gasteiger partial charge in [0.1, 0.15) is 6.10 Å². The molecule has 1 N–H and O–H groups in total. The maximum absolute atomic E-state index is 11.6. The minimum atomic E-state index is -0.552. The Morgan fingerprint density at radius 3 is 2.95 bits per heavy atom. The van der Waals surface area contributed by atoms with Crippen LogP contribution in [0.3, 0.4) is 0 Å². The van der Waals surface area contributed by atoms with Crippen LogP contribution >= 0.6 is 0 Å². The average Bonchev–Trinajstić information content (AvgIpc) is 3.03. The Morgan fingerprint density at radius 2 is 2.35 bits per heavy atom. The van der Waals surface area contributed by atoms with E-state index in [1.165, 1.54) is 11.8 Å². The number of ether oxygens (including phenoxy) is 3. The van der Waals surface area contributed by atoms with Gasteiger partial charge in [-0.3, -0.25) is 0 Å². The molecule has 1 unspecified atom stereocenters. The molecule has 9 nitrogen and oxygen atoms in total. The van der Waals surface area contributed by atoms with Gasteiger partial charge in [0.2, 0.25) is 0 Å². The molecule has 2 rings (SSSR count). The first-order chi connectivity index (χ1) is 9.65. The highest BCUT2D eigenvalue weighted by molar-refractivity contribution is 5.88. The van der Waals surface area contributed by atoms with E-state index in [0.29, 0.717) is 31.8 Å². The minimum Gasteiger partial charge on any atom is -0.464 e. The normalized spacial score (nSPS) is 17.7. The van der Waals surface area contributed by atoms with Crippen molar-refractivity contribution in [1.82, 2.24) is 20.3 Å². The monoisotopic (exact) mass is 284 g/mol. The SMILES string of the molecule is COCCc1c(C(=O)OC)nnn1CC1CNC(=O)O1. The molecule has 0 spiro atoms. The van der Waals surface area contributed by atoms with Crippen molar-refractivity contribution in [3.8, 4) is 0 Å². The van der Waals surface area contributed by atoms with E-state index in [9.17, 15) is 9.59 Å². The lowest BCUT2D eigenvalue weighted by Gasteiger charge is -2.10. The van der Waals surface area contributed by atoms with E-state index in [2.05, 4.69) is 20.4 Å². The maximum Gasteiger partial charge on any atom is 0.407 e. The molecule has 0 aliphatic carbocycles. The lowest BCUT2D eigenvalue weighted by Crippen LogP contribution is -2.23. The Morgan fingerprint density at radius 1 is 1.55 bits per heavy atom. The van der Waals surface area contributed by atoms with E-state index >= 15 is 0 Å². The van der Waals surface area contributed by atoms with Gasteiger partial charge in [0.15, 0.2) is 5.69 Å². The number of amides is 1. The number of carbonyl (C=O) groups is 2. The van der Waals surface area contributed by atoms with Crippen molar-refractivity contribution in [1.29, 1.82) is 0 Å². The summed E-state index contributed by atoms with van der Waals surface area (Å²) in [6.07, 6.45) is -0.333. The molecule has 0 radical (unpaired) electrons. The zero-order chi connectivity index (χ0) is 14.5. The van der Waals surface area contributed by atoms with Crippen molar-refractivity contribution in [2.75, 3.05) is 27.4 Å². The van der Waals surface area contributed by atoms with Crippen LogP contribution in [0.1, 0.15) is 16.2 Å². The number of alkyl carbamates (subject to hydrolysis) is 1. The van der Waals surface area contributed by atoms with Crippen molar-refractivity contribution >= 4 is 12.1 Å². The van der Waals surface area contributed by atoms with E-state index in [-0.39, 0.29) is 11.8 Å². The highest BCUT2D eigenvalue weighted by Gasteiger charge is 2.26. The topological polar surface area (TPSA) is 105 Å². The van der Waals surface area contributed by atoms with Gasteiger partial charge < -0.3 is 19.5 Å². The molecule has 1 aliphatic rings. The van der Waals surface area contributed by atoms with Gasteiger partial charge in [-0.2, -0.15) is 0 Å². The fraction of sp³-hybridized carbons (Fsp3) is 0.636. The molecule has 9 heteroatoms. The predicted molar refractivity (Wildman–Crippen MR) is 65.2 cm³/mol. The molecular formula is C11H16N4O5. The van der Waals surface area contributed by atoms with Crippen molar-refractivity contribution in [2.24, 2.45) is 0 Å².